The van der Waals surface area contributed by atoms with Crippen LogP contribution in [0.3, 0.4) is 0 Å². The summed E-state index contributed by atoms with van der Waals surface area (Å²) < 4.78 is 28.9. The third-order valence-corrected chi connectivity index (χ3v) is 4.83. The Morgan fingerprint density at radius 2 is 1.96 bits per heavy atom. The molecule has 4 rings (SSSR count). The summed E-state index contributed by atoms with van der Waals surface area (Å²) in [5.74, 6) is -1.44. The van der Waals surface area contributed by atoms with Crippen molar-refractivity contribution < 1.29 is 13.6 Å². The molecule has 0 bridgehead atoms. The highest BCUT2D eigenvalue weighted by atomic mass is 35.5. The highest BCUT2D eigenvalue weighted by molar-refractivity contribution is 6.31. The average Bonchev–Trinajstić information content (AvgIpc) is 3.30. The predicted octanol–water partition coefficient (Wildman–Crippen LogP) is 3.02. The fourth-order valence-electron chi connectivity index (χ4n) is 3.01. The van der Waals surface area contributed by atoms with Crippen molar-refractivity contribution in [3.63, 3.8) is 0 Å². The molecule has 120 valence electrons. The van der Waals surface area contributed by atoms with Crippen LogP contribution >= 0.6 is 11.6 Å². The van der Waals surface area contributed by atoms with E-state index in [0.29, 0.717) is 30.3 Å². The van der Waals surface area contributed by atoms with E-state index in [9.17, 15) is 13.6 Å². The first-order valence-electron chi connectivity index (χ1n) is 7.55. The lowest BCUT2D eigenvalue weighted by molar-refractivity contribution is 0.0720. The number of carbonyl (C=O) groups is 1. The third kappa shape index (κ3) is 2.41. The van der Waals surface area contributed by atoms with Gasteiger partial charge in [-0.25, -0.2) is 13.5 Å². The van der Waals surface area contributed by atoms with E-state index in [1.54, 1.807) is 0 Å². The van der Waals surface area contributed by atoms with Crippen LogP contribution in [0, 0.1) is 11.6 Å². The lowest BCUT2D eigenvalue weighted by atomic mass is 10.1. The van der Waals surface area contributed by atoms with Gasteiger partial charge in [0.05, 0.1) is 6.54 Å². The summed E-state index contributed by atoms with van der Waals surface area (Å²) >= 11 is 6.29. The monoisotopic (exact) mass is 337 g/mol. The molecule has 23 heavy (non-hydrogen) atoms. The molecule has 1 aromatic heterocycles. The maximum atomic E-state index is 13.8. The first-order chi connectivity index (χ1) is 11.1. The van der Waals surface area contributed by atoms with Gasteiger partial charge < -0.3 is 4.90 Å². The second-order valence-electron chi connectivity index (χ2n) is 5.96. The molecule has 0 unspecified atom stereocenters. The van der Waals surface area contributed by atoms with E-state index >= 15 is 0 Å². The van der Waals surface area contributed by atoms with Gasteiger partial charge in [-0.3, -0.25) is 4.79 Å². The highest BCUT2D eigenvalue weighted by Crippen LogP contribution is 2.33. The van der Waals surface area contributed by atoms with Gasteiger partial charge in [0.25, 0.3) is 5.91 Å². The van der Waals surface area contributed by atoms with Crippen LogP contribution in [-0.2, 0) is 13.0 Å². The van der Waals surface area contributed by atoms with Crippen LogP contribution in [0.25, 0.3) is 0 Å². The minimum absolute atomic E-state index is 0.110. The first-order valence-corrected chi connectivity index (χ1v) is 7.93. The minimum atomic E-state index is -0.652. The van der Waals surface area contributed by atoms with E-state index in [1.807, 2.05) is 4.90 Å². The molecule has 1 aliphatic carbocycles. The highest BCUT2D eigenvalue weighted by Gasteiger charge is 2.38. The van der Waals surface area contributed by atoms with Gasteiger partial charge in [-0.05, 0) is 31.4 Å². The molecule has 2 heterocycles. The van der Waals surface area contributed by atoms with Crippen molar-refractivity contribution in [1.29, 1.82) is 0 Å². The minimum Gasteiger partial charge on any atom is -0.334 e. The maximum absolute atomic E-state index is 13.8. The molecule has 1 aliphatic heterocycles. The Bertz CT molecular complexity index is 781. The number of benzene rings is 1. The van der Waals surface area contributed by atoms with Crippen molar-refractivity contribution in [2.24, 2.45) is 0 Å². The van der Waals surface area contributed by atoms with Crippen molar-refractivity contribution in [2.45, 2.75) is 31.8 Å². The van der Waals surface area contributed by atoms with Crippen LogP contribution in [0.4, 0.5) is 8.78 Å². The summed E-state index contributed by atoms with van der Waals surface area (Å²) in [6.45, 7) is 0.483. The van der Waals surface area contributed by atoms with Crippen LogP contribution in [0.5, 0.6) is 0 Å². The average molecular weight is 338 g/mol. The number of aromatic nitrogens is 2. The van der Waals surface area contributed by atoms with Gasteiger partial charge in [0.15, 0.2) is 5.69 Å². The van der Waals surface area contributed by atoms with Gasteiger partial charge in [0, 0.05) is 23.7 Å². The van der Waals surface area contributed by atoms with Crippen molar-refractivity contribution in [2.75, 3.05) is 6.54 Å². The molecule has 0 saturated heterocycles. The van der Waals surface area contributed by atoms with E-state index in [2.05, 4.69) is 5.10 Å². The quantitative estimate of drug-likeness (QED) is 0.863. The zero-order valence-corrected chi connectivity index (χ0v) is 13.0. The van der Waals surface area contributed by atoms with Crippen LogP contribution in [0.15, 0.2) is 18.2 Å². The zero-order valence-electron chi connectivity index (χ0n) is 12.2. The summed E-state index contributed by atoms with van der Waals surface area (Å²) in [6, 6.07) is 4.00. The van der Waals surface area contributed by atoms with Crippen LogP contribution < -0.4 is 0 Å². The Morgan fingerprint density at radius 3 is 2.61 bits per heavy atom. The van der Waals surface area contributed by atoms with Gasteiger partial charge in [0.2, 0.25) is 0 Å². The van der Waals surface area contributed by atoms with E-state index < -0.39 is 11.6 Å². The van der Waals surface area contributed by atoms with E-state index in [1.165, 1.54) is 22.9 Å². The number of rotatable bonds is 3. The van der Waals surface area contributed by atoms with Crippen molar-refractivity contribution in [3.05, 3.63) is 51.8 Å². The zero-order chi connectivity index (χ0) is 16.1. The Morgan fingerprint density at radius 1 is 1.26 bits per heavy atom. The van der Waals surface area contributed by atoms with Gasteiger partial charge in [-0.15, -0.1) is 0 Å². The van der Waals surface area contributed by atoms with Crippen LogP contribution in [0.2, 0.25) is 5.15 Å². The summed E-state index contributed by atoms with van der Waals surface area (Å²) in [7, 11) is 0. The first kappa shape index (κ1) is 14.6. The molecule has 2 aromatic rings. The number of fused-ring (bicyclic) bond motifs is 1. The number of amides is 1. The Balaban J connectivity index is 1.69. The van der Waals surface area contributed by atoms with Crippen LogP contribution in [-0.4, -0.2) is 33.2 Å². The Labute approximate surface area is 136 Å². The van der Waals surface area contributed by atoms with Gasteiger partial charge in [0.1, 0.15) is 16.8 Å². The lowest BCUT2D eigenvalue weighted by Crippen LogP contribution is -2.39. The van der Waals surface area contributed by atoms with E-state index in [-0.39, 0.29) is 23.2 Å². The van der Waals surface area contributed by atoms with Crippen LogP contribution in [0.1, 0.15) is 34.5 Å². The summed E-state index contributed by atoms with van der Waals surface area (Å²) in [6.07, 6.45) is 2.67. The number of hydrogen-bond acceptors (Lipinski definition) is 2. The van der Waals surface area contributed by atoms with Crippen molar-refractivity contribution in [3.8, 4) is 0 Å². The number of carbonyl (C=O) groups excluding carboxylic acids is 1. The standard InChI is InChI=1S/C16H14ClF2N3O/c17-15-10-6-7-21(9-4-5-9)16(23)14(10)20-22(15)8-11-12(18)2-1-3-13(11)19/h1-3,9H,4-8H2. The number of nitrogens with zero attached hydrogens (tertiary/aromatic N) is 3. The number of hydrogen-bond donors (Lipinski definition) is 0. The molecule has 0 radical (unpaired) electrons. The normalized spacial score (nSPS) is 17.5. The molecular formula is C16H14ClF2N3O. The summed E-state index contributed by atoms with van der Waals surface area (Å²) in [5.41, 5.74) is 0.871. The van der Waals surface area contributed by atoms with Gasteiger partial charge >= 0.3 is 0 Å². The van der Waals surface area contributed by atoms with E-state index in [0.717, 1.165) is 12.8 Å². The largest absolute Gasteiger partial charge is 0.334 e. The van der Waals surface area contributed by atoms with Gasteiger partial charge in [-0.2, -0.15) is 5.10 Å². The van der Waals surface area contributed by atoms with E-state index in [4.69, 9.17) is 11.6 Å². The fraction of sp³-hybridized carbons (Fsp3) is 0.375. The second-order valence-corrected chi connectivity index (χ2v) is 6.31. The third-order valence-electron chi connectivity index (χ3n) is 4.41. The summed E-state index contributed by atoms with van der Waals surface area (Å²) in [5, 5.41) is 4.51. The second kappa shape index (κ2) is 5.30. The Hall–Kier alpha value is -1.95. The fourth-order valence-corrected chi connectivity index (χ4v) is 3.30. The predicted molar refractivity (Wildman–Crippen MR) is 80.5 cm³/mol. The molecule has 1 fully saturated rings. The molecule has 1 aromatic carbocycles. The SMILES string of the molecule is O=C1c2nn(Cc3c(F)cccc3F)c(Cl)c2CCN1C1CC1. The van der Waals surface area contributed by atoms with Gasteiger partial charge in [-0.1, -0.05) is 17.7 Å². The molecule has 4 nitrogen and oxygen atoms in total. The topological polar surface area (TPSA) is 38.1 Å². The van der Waals surface area contributed by atoms with Crippen molar-refractivity contribution >= 4 is 17.5 Å². The molecule has 2 aliphatic rings. The lowest BCUT2D eigenvalue weighted by Gasteiger charge is -2.25. The molecule has 0 atom stereocenters. The molecule has 1 saturated carbocycles. The molecular weight excluding hydrogens is 324 g/mol. The smallest absolute Gasteiger partial charge is 0.274 e. The Kier molecular flexibility index (Phi) is 3.37. The summed E-state index contributed by atoms with van der Waals surface area (Å²) in [4.78, 5) is 14.3. The maximum Gasteiger partial charge on any atom is 0.274 e. The molecule has 7 heteroatoms. The van der Waals surface area contributed by atoms with Crippen molar-refractivity contribution in [1.82, 2.24) is 14.7 Å². The number of halogens is 3. The molecule has 1 amide bonds. The molecule has 0 spiro atoms. The molecule has 0 N–H and O–H groups in total.